The van der Waals surface area contributed by atoms with Crippen molar-refractivity contribution < 1.29 is 18.8 Å². The van der Waals surface area contributed by atoms with E-state index in [-0.39, 0.29) is 27.7 Å². The predicted molar refractivity (Wildman–Crippen MR) is 118 cm³/mol. The molecular formula is C22H26FN5O3S. The number of rotatable bonds is 4. The molecule has 0 radical (unpaired) electrons. The number of carbonyl (C=O) groups excluding carboxylic acids is 3. The minimum Gasteiger partial charge on any atom is -0.342 e. The maximum absolute atomic E-state index is 13.0. The van der Waals surface area contributed by atoms with Gasteiger partial charge in [0.25, 0.3) is 11.8 Å². The molecule has 1 aromatic heterocycles. The Labute approximate surface area is 189 Å². The normalized spacial score (nSPS) is 19.3. The molecule has 3 heterocycles. The van der Waals surface area contributed by atoms with Crippen molar-refractivity contribution in [2.75, 3.05) is 31.5 Å². The van der Waals surface area contributed by atoms with Gasteiger partial charge < -0.3 is 15.1 Å². The molecule has 32 heavy (non-hydrogen) atoms. The van der Waals surface area contributed by atoms with Crippen LogP contribution in [0.25, 0.3) is 0 Å². The van der Waals surface area contributed by atoms with E-state index in [9.17, 15) is 18.8 Å². The summed E-state index contributed by atoms with van der Waals surface area (Å²) in [6.07, 6.45) is 5.93. The number of aromatic nitrogens is 2. The molecule has 0 aliphatic carbocycles. The Bertz CT molecular complexity index is 972. The van der Waals surface area contributed by atoms with Crippen molar-refractivity contribution in [3.8, 4) is 0 Å². The van der Waals surface area contributed by atoms with E-state index in [1.165, 1.54) is 24.3 Å². The Morgan fingerprint density at radius 1 is 0.906 bits per heavy atom. The van der Waals surface area contributed by atoms with E-state index in [1.807, 2.05) is 4.90 Å². The van der Waals surface area contributed by atoms with Gasteiger partial charge >= 0.3 is 0 Å². The van der Waals surface area contributed by atoms with Gasteiger partial charge in [0, 0.05) is 31.9 Å². The van der Waals surface area contributed by atoms with Crippen molar-refractivity contribution in [2.45, 2.75) is 38.5 Å². The van der Waals surface area contributed by atoms with E-state index in [2.05, 4.69) is 15.5 Å². The molecule has 2 fully saturated rings. The first-order valence-electron chi connectivity index (χ1n) is 11.0. The highest BCUT2D eigenvalue weighted by Gasteiger charge is 2.33. The lowest BCUT2D eigenvalue weighted by Gasteiger charge is -2.34. The van der Waals surface area contributed by atoms with Gasteiger partial charge in [0.2, 0.25) is 15.9 Å². The summed E-state index contributed by atoms with van der Waals surface area (Å²) in [5, 5.41) is 10.5. The Hall–Kier alpha value is -2.88. The summed E-state index contributed by atoms with van der Waals surface area (Å²) in [5.41, 5.74) is 0.422. The SMILES string of the molecule is O=C(Nc1ccc(F)cc1)c1nnc(C(=O)N2CCC[C@@H](C(=O)N3CCCCCC3)C2)s1. The van der Waals surface area contributed by atoms with E-state index in [1.54, 1.807) is 4.90 Å². The van der Waals surface area contributed by atoms with Crippen molar-refractivity contribution in [2.24, 2.45) is 5.92 Å². The number of carbonyl (C=O) groups is 3. The minimum absolute atomic E-state index is 0.0480. The second kappa shape index (κ2) is 10.2. The molecule has 2 saturated heterocycles. The second-order valence-electron chi connectivity index (χ2n) is 8.20. The van der Waals surface area contributed by atoms with Crippen LogP contribution in [0.1, 0.15) is 58.1 Å². The number of likely N-dealkylation sites (tertiary alicyclic amines) is 2. The van der Waals surface area contributed by atoms with Gasteiger partial charge in [-0.05, 0) is 49.9 Å². The lowest BCUT2D eigenvalue weighted by atomic mass is 9.96. The zero-order valence-corrected chi connectivity index (χ0v) is 18.6. The van der Waals surface area contributed by atoms with Crippen LogP contribution in [-0.2, 0) is 4.79 Å². The number of benzene rings is 1. The van der Waals surface area contributed by atoms with E-state index in [0.717, 1.165) is 63.0 Å². The smallest absolute Gasteiger partial charge is 0.286 e. The molecule has 1 N–H and O–H groups in total. The quantitative estimate of drug-likeness (QED) is 0.758. The average Bonchev–Trinajstić information content (AvgIpc) is 3.15. The summed E-state index contributed by atoms with van der Waals surface area (Å²) < 4.78 is 13.0. The molecule has 10 heteroatoms. The number of nitrogens with one attached hydrogen (secondary N) is 1. The fraction of sp³-hybridized carbons (Fsp3) is 0.500. The van der Waals surface area contributed by atoms with Crippen LogP contribution >= 0.6 is 11.3 Å². The van der Waals surface area contributed by atoms with Gasteiger partial charge in [0.05, 0.1) is 5.92 Å². The molecule has 2 aromatic rings. The third kappa shape index (κ3) is 5.29. The summed E-state index contributed by atoms with van der Waals surface area (Å²) in [5.74, 6) is -1.28. The number of amides is 3. The van der Waals surface area contributed by atoms with E-state index in [0.29, 0.717) is 18.8 Å². The molecule has 0 unspecified atom stereocenters. The maximum Gasteiger partial charge on any atom is 0.286 e. The number of hydrogen-bond donors (Lipinski definition) is 1. The van der Waals surface area contributed by atoms with Crippen LogP contribution in [0.15, 0.2) is 24.3 Å². The average molecular weight is 460 g/mol. The first kappa shape index (κ1) is 22.3. The van der Waals surface area contributed by atoms with E-state index >= 15 is 0 Å². The van der Waals surface area contributed by atoms with Crippen LogP contribution in [0, 0.1) is 11.7 Å². The third-order valence-electron chi connectivity index (χ3n) is 5.88. The molecule has 2 aliphatic rings. The molecule has 0 bridgehead atoms. The van der Waals surface area contributed by atoms with Crippen molar-refractivity contribution >= 4 is 34.7 Å². The summed E-state index contributed by atoms with van der Waals surface area (Å²) in [4.78, 5) is 41.9. The lowest BCUT2D eigenvalue weighted by Crippen LogP contribution is -2.47. The molecule has 1 aromatic carbocycles. The number of halogens is 1. The molecule has 4 rings (SSSR count). The number of nitrogens with zero attached hydrogens (tertiary/aromatic N) is 4. The maximum atomic E-state index is 13.0. The summed E-state index contributed by atoms with van der Waals surface area (Å²) in [6, 6.07) is 5.36. The molecular weight excluding hydrogens is 433 g/mol. The zero-order chi connectivity index (χ0) is 22.5. The van der Waals surface area contributed by atoms with Crippen LogP contribution in [-0.4, -0.2) is 63.9 Å². The summed E-state index contributed by atoms with van der Waals surface area (Å²) in [6.45, 7) is 2.52. The largest absolute Gasteiger partial charge is 0.342 e. The monoisotopic (exact) mass is 459 g/mol. The van der Waals surface area contributed by atoms with E-state index < -0.39 is 11.7 Å². The fourth-order valence-electron chi connectivity index (χ4n) is 4.17. The molecule has 0 saturated carbocycles. The topological polar surface area (TPSA) is 95.5 Å². The zero-order valence-electron chi connectivity index (χ0n) is 17.8. The first-order chi connectivity index (χ1) is 15.5. The van der Waals surface area contributed by atoms with Gasteiger partial charge in [0.1, 0.15) is 5.82 Å². The molecule has 8 nitrogen and oxygen atoms in total. The summed E-state index contributed by atoms with van der Waals surface area (Å²) >= 11 is 0.911. The Balaban J connectivity index is 1.37. The van der Waals surface area contributed by atoms with Crippen molar-refractivity contribution in [1.29, 1.82) is 0 Å². The Kier molecular flexibility index (Phi) is 7.09. The van der Waals surface area contributed by atoms with Crippen molar-refractivity contribution in [3.05, 3.63) is 40.1 Å². The van der Waals surface area contributed by atoms with Crippen molar-refractivity contribution in [1.82, 2.24) is 20.0 Å². The highest BCUT2D eigenvalue weighted by atomic mass is 32.1. The Morgan fingerprint density at radius 3 is 2.28 bits per heavy atom. The van der Waals surface area contributed by atoms with Crippen molar-refractivity contribution in [3.63, 3.8) is 0 Å². The van der Waals surface area contributed by atoms with Crippen LogP contribution in [0.2, 0.25) is 0 Å². The fourth-order valence-corrected chi connectivity index (χ4v) is 4.87. The van der Waals surface area contributed by atoms with E-state index in [4.69, 9.17) is 0 Å². The third-order valence-corrected chi connectivity index (χ3v) is 6.79. The standard InChI is InChI=1S/C22H26FN5O3S/c23-16-7-9-17(10-8-16)24-18(29)19-25-26-20(32-19)22(31)28-13-5-6-15(14-28)21(30)27-11-3-1-2-4-12-27/h7-10,15H,1-6,11-14H2,(H,24,29)/t15-/m1/s1. The van der Waals surface area contributed by atoms with Gasteiger partial charge in [-0.2, -0.15) is 0 Å². The lowest BCUT2D eigenvalue weighted by molar-refractivity contribution is -0.136. The second-order valence-corrected chi connectivity index (χ2v) is 9.18. The molecule has 3 amide bonds. The molecule has 1 atom stereocenters. The number of hydrogen-bond acceptors (Lipinski definition) is 6. The van der Waals surface area contributed by atoms with Gasteiger partial charge in [-0.15, -0.1) is 10.2 Å². The van der Waals surface area contributed by atoms with Gasteiger partial charge in [0.15, 0.2) is 0 Å². The Morgan fingerprint density at radius 2 is 1.56 bits per heavy atom. The highest BCUT2D eigenvalue weighted by Crippen LogP contribution is 2.23. The van der Waals surface area contributed by atoms with Crippen LogP contribution in [0.4, 0.5) is 10.1 Å². The van der Waals surface area contributed by atoms with Crippen LogP contribution in [0.3, 0.4) is 0 Å². The molecule has 170 valence electrons. The summed E-state index contributed by atoms with van der Waals surface area (Å²) in [7, 11) is 0. The number of anilines is 1. The van der Waals surface area contributed by atoms with Gasteiger partial charge in [-0.1, -0.05) is 24.2 Å². The molecule has 0 spiro atoms. The predicted octanol–water partition coefficient (Wildman–Crippen LogP) is 3.18. The van der Waals surface area contributed by atoms with Crippen LogP contribution in [0.5, 0.6) is 0 Å². The highest BCUT2D eigenvalue weighted by molar-refractivity contribution is 7.15. The van der Waals surface area contributed by atoms with Gasteiger partial charge in [-0.25, -0.2) is 4.39 Å². The van der Waals surface area contributed by atoms with Crippen LogP contribution < -0.4 is 5.32 Å². The number of piperidine rings is 1. The minimum atomic E-state index is -0.513. The van der Waals surface area contributed by atoms with Gasteiger partial charge in [-0.3, -0.25) is 14.4 Å². The first-order valence-corrected chi connectivity index (χ1v) is 11.8. The molecule has 2 aliphatic heterocycles.